The van der Waals surface area contributed by atoms with Crippen molar-refractivity contribution in [3.8, 4) is 16.8 Å². The molecule has 3 rings (SSSR count). The molecule has 0 saturated heterocycles. The quantitative estimate of drug-likeness (QED) is 0.808. The third-order valence-electron chi connectivity index (χ3n) is 3.67. The maximum atomic E-state index is 12.2. The van der Waals surface area contributed by atoms with Crippen molar-refractivity contribution in [1.29, 1.82) is 0 Å². The van der Waals surface area contributed by atoms with Crippen LogP contribution >= 0.6 is 0 Å². The second kappa shape index (κ2) is 5.93. The molecule has 0 radical (unpaired) electrons. The highest BCUT2D eigenvalue weighted by Gasteiger charge is 2.06. The van der Waals surface area contributed by atoms with E-state index < -0.39 is 5.91 Å². The number of benzene rings is 2. The lowest BCUT2D eigenvalue weighted by Crippen LogP contribution is -2.16. The Balaban J connectivity index is 2.13. The second-order valence-corrected chi connectivity index (χ2v) is 5.41. The fourth-order valence-electron chi connectivity index (χ4n) is 2.49. The number of amides is 1. The molecule has 0 saturated carbocycles. The van der Waals surface area contributed by atoms with Crippen LogP contribution < -0.4 is 11.3 Å². The summed E-state index contributed by atoms with van der Waals surface area (Å²) < 4.78 is 1.60. The van der Waals surface area contributed by atoms with E-state index in [9.17, 15) is 9.59 Å². The standard InChI is InChI=1S/C19H16N2O2/c1-13-4-2-7-17(10-13)21-12-16(8-9-18(21)22)14-5-3-6-15(11-14)19(20)23/h2-12H,1H3,(H2,20,23). The molecule has 3 aromatic rings. The monoisotopic (exact) mass is 304 g/mol. The van der Waals surface area contributed by atoms with Gasteiger partial charge in [0.2, 0.25) is 5.91 Å². The minimum absolute atomic E-state index is 0.106. The lowest BCUT2D eigenvalue weighted by Gasteiger charge is -2.10. The van der Waals surface area contributed by atoms with Crippen LogP contribution in [-0.2, 0) is 0 Å². The van der Waals surface area contributed by atoms with Gasteiger partial charge in [-0.05, 0) is 53.9 Å². The summed E-state index contributed by atoms with van der Waals surface area (Å²) in [4.78, 5) is 23.5. The van der Waals surface area contributed by atoms with Gasteiger partial charge in [0.15, 0.2) is 0 Å². The molecule has 4 nitrogen and oxygen atoms in total. The molecule has 0 aliphatic carbocycles. The Kier molecular flexibility index (Phi) is 3.81. The molecule has 1 heterocycles. The van der Waals surface area contributed by atoms with Crippen LogP contribution in [0, 0.1) is 6.92 Å². The molecule has 0 unspecified atom stereocenters. The summed E-state index contributed by atoms with van der Waals surface area (Å²) in [5.74, 6) is -0.473. The van der Waals surface area contributed by atoms with Crippen molar-refractivity contribution in [2.24, 2.45) is 5.73 Å². The van der Waals surface area contributed by atoms with Gasteiger partial charge >= 0.3 is 0 Å². The van der Waals surface area contributed by atoms with Gasteiger partial charge in [0.1, 0.15) is 0 Å². The first-order valence-corrected chi connectivity index (χ1v) is 7.24. The summed E-state index contributed by atoms with van der Waals surface area (Å²) >= 11 is 0. The molecule has 0 bridgehead atoms. The van der Waals surface area contributed by atoms with Gasteiger partial charge in [-0.2, -0.15) is 0 Å². The molecule has 4 heteroatoms. The zero-order chi connectivity index (χ0) is 16.4. The van der Waals surface area contributed by atoms with Crippen LogP contribution in [0.15, 0.2) is 71.7 Å². The molecule has 0 fully saturated rings. The Bertz CT molecular complexity index is 942. The SMILES string of the molecule is Cc1cccc(-n2cc(-c3cccc(C(N)=O)c3)ccc2=O)c1. The molecule has 0 spiro atoms. The molecule has 2 N–H and O–H groups in total. The number of pyridine rings is 1. The van der Waals surface area contributed by atoms with Gasteiger partial charge in [0.25, 0.3) is 5.56 Å². The maximum absolute atomic E-state index is 12.2. The summed E-state index contributed by atoms with van der Waals surface area (Å²) in [6.07, 6.45) is 1.78. The van der Waals surface area contributed by atoms with Crippen molar-refractivity contribution >= 4 is 5.91 Å². The molecule has 2 aromatic carbocycles. The third kappa shape index (κ3) is 3.06. The van der Waals surface area contributed by atoms with Gasteiger partial charge in [0, 0.05) is 23.5 Å². The highest BCUT2D eigenvalue weighted by molar-refractivity contribution is 5.94. The van der Waals surface area contributed by atoms with E-state index in [0.29, 0.717) is 5.56 Å². The van der Waals surface area contributed by atoms with Crippen LogP contribution in [-0.4, -0.2) is 10.5 Å². The minimum Gasteiger partial charge on any atom is -0.366 e. The van der Waals surface area contributed by atoms with E-state index in [1.807, 2.05) is 37.3 Å². The van der Waals surface area contributed by atoms with Crippen LogP contribution in [0.25, 0.3) is 16.8 Å². The van der Waals surface area contributed by atoms with E-state index in [0.717, 1.165) is 22.4 Å². The van der Waals surface area contributed by atoms with E-state index in [2.05, 4.69) is 0 Å². The number of hydrogen-bond donors (Lipinski definition) is 1. The fourth-order valence-corrected chi connectivity index (χ4v) is 2.49. The first-order chi connectivity index (χ1) is 11.0. The normalized spacial score (nSPS) is 10.5. The Hall–Kier alpha value is -3.14. The van der Waals surface area contributed by atoms with Crippen molar-refractivity contribution in [1.82, 2.24) is 4.57 Å². The zero-order valence-corrected chi connectivity index (χ0v) is 12.7. The number of aryl methyl sites for hydroxylation is 1. The fraction of sp³-hybridized carbons (Fsp3) is 0.0526. The second-order valence-electron chi connectivity index (χ2n) is 5.41. The predicted molar refractivity (Wildman–Crippen MR) is 90.7 cm³/mol. The number of rotatable bonds is 3. The number of nitrogens with two attached hydrogens (primary N) is 1. The molecule has 0 aliphatic rings. The topological polar surface area (TPSA) is 65.1 Å². The van der Waals surface area contributed by atoms with Gasteiger partial charge in [-0.15, -0.1) is 0 Å². The Morgan fingerprint density at radius 2 is 1.74 bits per heavy atom. The number of primary amides is 1. The highest BCUT2D eigenvalue weighted by atomic mass is 16.1. The molecule has 114 valence electrons. The van der Waals surface area contributed by atoms with E-state index in [4.69, 9.17) is 5.73 Å². The lowest BCUT2D eigenvalue weighted by molar-refractivity contribution is 0.100. The van der Waals surface area contributed by atoms with Crippen molar-refractivity contribution in [3.05, 3.63) is 88.3 Å². The molecular formula is C19H16N2O2. The van der Waals surface area contributed by atoms with Crippen molar-refractivity contribution in [3.63, 3.8) is 0 Å². The molecule has 0 aliphatic heterocycles. The number of nitrogens with zero attached hydrogens (tertiary/aromatic N) is 1. The van der Waals surface area contributed by atoms with E-state index in [1.54, 1.807) is 35.0 Å². The Labute approximate surface area is 133 Å². The van der Waals surface area contributed by atoms with Crippen molar-refractivity contribution in [2.75, 3.05) is 0 Å². The molecular weight excluding hydrogens is 288 g/mol. The van der Waals surface area contributed by atoms with E-state index >= 15 is 0 Å². The first-order valence-electron chi connectivity index (χ1n) is 7.24. The summed E-state index contributed by atoms with van der Waals surface area (Å²) in [7, 11) is 0. The van der Waals surface area contributed by atoms with Gasteiger partial charge in [-0.25, -0.2) is 0 Å². The highest BCUT2D eigenvalue weighted by Crippen LogP contribution is 2.20. The molecule has 23 heavy (non-hydrogen) atoms. The first kappa shape index (κ1) is 14.8. The molecule has 0 atom stereocenters. The van der Waals surface area contributed by atoms with Crippen LogP contribution in [0.4, 0.5) is 0 Å². The smallest absolute Gasteiger partial charge is 0.255 e. The van der Waals surface area contributed by atoms with Crippen LogP contribution in [0.3, 0.4) is 0 Å². The van der Waals surface area contributed by atoms with Gasteiger partial charge in [0.05, 0.1) is 0 Å². The maximum Gasteiger partial charge on any atom is 0.255 e. The molecule has 1 aromatic heterocycles. The number of hydrogen-bond acceptors (Lipinski definition) is 2. The number of carbonyl (C=O) groups excluding carboxylic acids is 1. The largest absolute Gasteiger partial charge is 0.366 e. The van der Waals surface area contributed by atoms with E-state index in [-0.39, 0.29) is 5.56 Å². The van der Waals surface area contributed by atoms with E-state index in [1.165, 1.54) is 6.07 Å². The minimum atomic E-state index is -0.473. The summed E-state index contributed by atoms with van der Waals surface area (Å²) in [5.41, 5.74) is 9.23. The van der Waals surface area contributed by atoms with Crippen LogP contribution in [0.5, 0.6) is 0 Å². The Morgan fingerprint density at radius 1 is 0.957 bits per heavy atom. The molecule has 1 amide bonds. The lowest BCUT2D eigenvalue weighted by atomic mass is 10.0. The van der Waals surface area contributed by atoms with Gasteiger partial charge in [-0.1, -0.05) is 24.3 Å². The summed E-state index contributed by atoms with van der Waals surface area (Å²) in [6, 6.07) is 18.0. The van der Waals surface area contributed by atoms with Crippen molar-refractivity contribution in [2.45, 2.75) is 6.92 Å². The zero-order valence-electron chi connectivity index (χ0n) is 12.7. The average molecular weight is 304 g/mol. The summed E-state index contributed by atoms with van der Waals surface area (Å²) in [5, 5.41) is 0. The number of aromatic nitrogens is 1. The van der Waals surface area contributed by atoms with Crippen molar-refractivity contribution < 1.29 is 4.79 Å². The van der Waals surface area contributed by atoms with Crippen LogP contribution in [0.1, 0.15) is 15.9 Å². The van der Waals surface area contributed by atoms with Gasteiger partial charge < -0.3 is 5.73 Å². The number of carbonyl (C=O) groups is 1. The predicted octanol–water partition coefficient (Wildman–Crippen LogP) is 2.91. The summed E-state index contributed by atoms with van der Waals surface area (Å²) in [6.45, 7) is 1.98. The Morgan fingerprint density at radius 3 is 2.48 bits per heavy atom. The van der Waals surface area contributed by atoms with Gasteiger partial charge in [-0.3, -0.25) is 14.2 Å². The van der Waals surface area contributed by atoms with Crippen LogP contribution in [0.2, 0.25) is 0 Å². The average Bonchev–Trinajstić information content (AvgIpc) is 2.55. The third-order valence-corrected chi connectivity index (χ3v) is 3.67.